The van der Waals surface area contributed by atoms with E-state index in [9.17, 15) is 0 Å². The van der Waals surface area contributed by atoms with E-state index in [2.05, 4.69) is 54.8 Å². The van der Waals surface area contributed by atoms with E-state index in [1.54, 1.807) is 0 Å². The molecule has 1 atom stereocenters. The lowest BCUT2D eigenvalue weighted by Crippen LogP contribution is -2.27. The van der Waals surface area contributed by atoms with Crippen molar-refractivity contribution in [3.8, 4) is 11.3 Å². The third-order valence-corrected chi connectivity index (χ3v) is 4.59. The van der Waals surface area contributed by atoms with Crippen LogP contribution >= 0.6 is 0 Å². The van der Waals surface area contributed by atoms with Gasteiger partial charge in [0.15, 0.2) is 0 Å². The van der Waals surface area contributed by atoms with Crippen LogP contribution in [0.25, 0.3) is 11.3 Å². The van der Waals surface area contributed by atoms with Gasteiger partial charge in [-0.05, 0) is 37.9 Å². The Morgan fingerprint density at radius 2 is 1.71 bits per heavy atom. The van der Waals surface area contributed by atoms with Crippen molar-refractivity contribution in [1.29, 1.82) is 0 Å². The SMILES string of the molecule is CNC(c1cccc(-c2ccccc2)n1)C1CCCCC1. The van der Waals surface area contributed by atoms with E-state index in [0.717, 1.165) is 11.6 Å². The largest absolute Gasteiger partial charge is 0.311 e. The Morgan fingerprint density at radius 3 is 2.43 bits per heavy atom. The second-order valence-corrected chi connectivity index (χ2v) is 5.98. The van der Waals surface area contributed by atoms with Gasteiger partial charge in [0.25, 0.3) is 0 Å². The summed E-state index contributed by atoms with van der Waals surface area (Å²) in [6, 6.07) is 17.2. The second kappa shape index (κ2) is 6.86. The fourth-order valence-electron chi connectivity index (χ4n) is 3.49. The maximum absolute atomic E-state index is 4.93. The molecule has 2 nitrogen and oxygen atoms in total. The summed E-state index contributed by atoms with van der Waals surface area (Å²) in [6.45, 7) is 0. The lowest BCUT2D eigenvalue weighted by atomic mass is 9.82. The molecule has 1 aliphatic rings. The molecule has 0 aliphatic heterocycles. The zero-order valence-electron chi connectivity index (χ0n) is 12.8. The van der Waals surface area contributed by atoms with Crippen molar-refractivity contribution in [2.24, 2.45) is 5.92 Å². The highest BCUT2D eigenvalue weighted by molar-refractivity contribution is 5.58. The Morgan fingerprint density at radius 1 is 0.952 bits per heavy atom. The predicted octanol–water partition coefficient (Wildman–Crippen LogP) is 4.59. The maximum Gasteiger partial charge on any atom is 0.0706 e. The number of nitrogens with one attached hydrogen (secondary N) is 1. The van der Waals surface area contributed by atoms with Gasteiger partial charge in [0.1, 0.15) is 0 Å². The van der Waals surface area contributed by atoms with E-state index >= 15 is 0 Å². The first-order chi connectivity index (χ1) is 10.4. The van der Waals surface area contributed by atoms with Crippen molar-refractivity contribution in [2.45, 2.75) is 38.1 Å². The van der Waals surface area contributed by atoms with Crippen molar-refractivity contribution in [2.75, 3.05) is 7.05 Å². The number of hydrogen-bond donors (Lipinski definition) is 1. The van der Waals surface area contributed by atoms with E-state index in [0.29, 0.717) is 6.04 Å². The number of pyridine rings is 1. The average molecular weight is 280 g/mol. The van der Waals surface area contributed by atoms with Gasteiger partial charge in [0.2, 0.25) is 0 Å². The molecule has 1 fully saturated rings. The van der Waals surface area contributed by atoms with Crippen LogP contribution in [0, 0.1) is 5.92 Å². The van der Waals surface area contributed by atoms with Crippen molar-refractivity contribution >= 4 is 0 Å². The molecule has 1 aromatic heterocycles. The number of rotatable bonds is 4. The third kappa shape index (κ3) is 3.33. The molecule has 0 saturated heterocycles. The van der Waals surface area contributed by atoms with Crippen LogP contribution in [0.2, 0.25) is 0 Å². The summed E-state index contributed by atoms with van der Waals surface area (Å²) in [5, 5.41) is 3.50. The number of hydrogen-bond acceptors (Lipinski definition) is 2. The smallest absolute Gasteiger partial charge is 0.0706 e. The van der Waals surface area contributed by atoms with Crippen molar-refractivity contribution < 1.29 is 0 Å². The minimum Gasteiger partial charge on any atom is -0.311 e. The molecule has 0 amide bonds. The first-order valence-electron chi connectivity index (χ1n) is 8.08. The van der Waals surface area contributed by atoms with Gasteiger partial charge in [0, 0.05) is 5.56 Å². The zero-order chi connectivity index (χ0) is 14.5. The minimum absolute atomic E-state index is 0.383. The number of aromatic nitrogens is 1. The highest BCUT2D eigenvalue weighted by Crippen LogP contribution is 2.34. The Hall–Kier alpha value is -1.67. The van der Waals surface area contributed by atoms with Crippen LogP contribution in [0.4, 0.5) is 0 Å². The summed E-state index contributed by atoms with van der Waals surface area (Å²) in [6.07, 6.45) is 6.76. The normalized spacial score (nSPS) is 17.6. The van der Waals surface area contributed by atoms with Crippen LogP contribution in [-0.2, 0) is 0 Å². The van der Waals surface area contributed by atoms with E-state index in [1.807, 2.05) is 6.07 Å². The molecular weight excluding hydrogens is 256 g/mol. The first-order valence-corrected chi connectivity index (χ1v) is 8.08. The highest BCUT2D eigenvalue weighted by Gasteiger charge is 2.24. The minimum atomic E-state index is 0.383. The summed E-state index contributed by atoms with van der Waals surface area (Å²) in [5.74, 6) is 0.724. The van der Waals surface area contributed by atoms with E-state index in [-0.39, 0.29) is 0 Å². The fraction of sp³-hybridized carbons (Fsp3) is 0.421. The monoisotopic (exact) mass is 280 g/mol. The van der Waals surface area contributed by atoms with Crippen molar-refractivity contribution in [1.82, 2.24) is 10.3 Å². The van der Waals surface area contributed by atoms with Crippen LogP contribution in [0.1, 0.15) is 43.8 Å². The maximum atomic E-state index is 4.93. The van der Waals surface area contributed by atoms with Gasteiger partial charge < -0.3 is 5.32 Å². The van der Waals surface area contributed by atoms with Crippen molar-refractivity contribution in [3.05, 3.63) is 54.2 Å². The zero-order valence-corrected chi connectivity index (χ0v) is 12.8. The summed E-state index contributed by atoms with van der Waals surface area (Å²) in [7, 11) is 2.07. The average Bonchev–Trinajstić information content (AvgIpc) is 2.58. The third-order valence-electron chi connectivity index (χ3n) is 4.59. The molecular formula is C19H24N2. The molecule has 21 heavy (non-hydrogen) atoms. The molecule has 0 radical (unpaired) electrons. The molecule has 2 heteroatoms. The standard InChI is InChI=1S/C19H24N2/c1-20-19(16-11-6-3-7-12-16)18-14-8-13-17(21-18)15-9-4-2-5-10-15/h2,4-5,8-10,13-14,16,19-20H,3,6-7,11-12H2,1H3. The lowest BCUT2D eigenvalue weighted by Gasteiger charge is -2.29. The van der Waals surface area contributed by atoms with Gasteiger partial charge in [-0.3, -0.25) is 4.98 Å². The van der Waals surface area contributed by atoms with Crippen LogP contribution < -0.4 is 5.32 Å². The van der Waals surface area contributed by atoms with E-state index < -0.39 is 0 Å². The summed E-state index contributed by atoms with van der Waals surface area (Å²) < 4.78 is 0. The second-order valence-electron chi connectivity index (χ2n) is 5.98. The van der Waals surface area contributed by atoms with E-state index in [1.165, 1.54) is 43.4 Å². The molecule has 1 unspecified atom stereocenters. The predicted molar refractivity (Wildman–Crippen MR) is 88.0 cm³/mol. The van der Waals surface area contributed by atoms with Crippen LogP contribution in [-0.4, -0.2) is 12.0 Å². The Labute approximate surface area is 127 Å². The van der Waals surface area contributed by atoms with Gasteiger partial charge in [-0.25, -0.2) is 0 Å². The van der Waals surface area contributed by atoms with Crippen LogP contribution in [0.3, 0.4) is 0 Å². The molecule has 0 bridgehead atoms. The number of nitrogens with zero attached hydrogens (tertiary/aromatic N) is 1. The van der Waals surface area contributed by atoms with Gasteiger partial charge in [0.05, 0.1) is 17.4 Å². The highest BCUT2D eigenvalue weighted by atomic mass is 14.9. The molecule has 2 aromatic rings. The molecule has 1 heterocycles. The lowest BCUT2D eigenvalue weighted by molar-refractivity contribution is 0.278. The Bertz CT molecular complexity index is 559. The number of benzene rings is 1. The molecule has 110 valence electrons. The van der Waals surface area contributed by atoms with Gasteiger partial charge >= 0.3 is 0 Å². The van der Waals surface area contributed by atoms with Crippen molar-refractivity contribution in [3.63, 3.8) is 0 Å². The molecule has 1 aromatic carbocycles. The summed E-state index contributed by atoms with van der Waals surface area (Å²) in [4.78, 5) is 4.93. The van der Waals surface area contributed by atoms with Crippen LogP contribution in [0.15, 0.2) is 48.5 Å². The van der Waals surface area contributed by atoms with Gasteiger partial charge in [-0.2, -0.15) is 0 Å². The molecule has 1 aliphatic carbocycles. The quantitative estimate of drug-likeness (QED) is 0.886. The van der Waals surface area contributed by atoms with Gasteiger partial charge in [-0.1, -0.05) is 55.7 Å². The molecule has 1 N–H and O–H groups in total. The fourth-order valence-corrected chi connectivity index (χ4v) is 3.49. The first kappa shape index (κ1) is 14.3. The Balaban J connectivity index is 1.87. The summed E-state index contributed by atoms with van der Waals surface area (Å²) in [5.41, 5.74) is 3.45. The Kier molecular flexibility index (Phi) is 4.66. The van der Waals surface area contributed by atoms with Gasteiger partial charge in [-0.15, -0.1) is 0 Å². The topological polar surface area (TPSA) is 24.9 Å². The van der Waals surface area contributed by atoms with Crippen LogP contribution in [0.5, 0.6) is 0 Å². The molecule has 3 rings (SSSR count). The van der Waals surface area contributed by atoms with E-state index in [4.69, 9.17) is 4.98 Å². The molecule has 1 saturated carbocycles. The summed E-state index contributed by atoms with van der Waals surface area (Å²) >= 11 is 0. The molecule has 0 spiro atoms.